The van der Waals surface area contributed by atoms with E-state index < -0.39 is 9.84 Å². The first-order valence-corrected chi connectivity index (χ1v) is 9.81. The fourth-order valence-corrected chi connectivity index (χ4v) is 5.40. The van der Waals surface area contributed by atoms with E-state index in [4.69, 9.17) is 0 Å². The van der Waals surface area contributed by atoms with Crippen molar-refractivity contribution in [1.29, 1.82) is 0 Å². The van der Waals surface area contributed by atoms with Crippen LogP contribution in [0.3, 0.4) is 0 Å². The summed E-state index contributed by atoms with van der Waals surface area (Å²) in [6, 6.07) is -0.205. The van der Waals surface area contributed by atoms with Gasteiger partial charge < -0.3 is 4.90 Å². The molecule has 1 aliphatic carbocycles. The van der Waals surface area contributed by atoms with Crippen molar-refractivity contribution in [2.45, 2.75) is 45.1 Å². The van der Waals surface area contributed by atoms with Crippen LogP contribution in [-0.2, 0) is 29.7 Å². The zero-order valence-electron chi connectivity index (χ0n) is 13.2. The number of sulfone groups is 1. The van der Waals surface area contributed by atoms with Crippen molar-refractivity contribution in [2.24, 2.45) is 7.05 Å². The SMILES string of the molecule is CCN(C(=O)c1nn(C)c2c1CCCC2)C1CCS(=O)(=O)C1. The molecule has 1 aromatic heterocycles. The molecule has 0 saturated carbocycles. The van der Waals surface area contributed by atoms with Crippen LogP contribution in [0, 0.1) is 0 Å². The van der Waals surface area contributed by atoms with Gasteiger partial charge in [-0.1, -0.05) is 0 Å². The summed E-state index contributed by atoms with van der Waals surface area (Å²) in [4.78, 5) is 14.6. The number of carbonyl (C=O) groups excluding carboxylic acids is 1. The molecule has 0 radical (unpaired) electrons. The summed E-state index contributed by atoms with van der Waals surface area (Å²) in [6.07, 6.45) is 4.62. The lowest BCUT2D eigenvalue weighted by molar-refractivity contribution is 0.0700. The maximum atomic E-state index is 12.9. The minimum absolute atomic E-state index is 0.0849. The molecule has 0 aromatic carbocycles. The number of hydrogen-bond donors (Lipinski definition) is 0. The van der Waals surface area contributed by atoms with Gasteiger partial charge in [-0.25, -0.2) is 8.42 Å². The largest absolute Gasteiger partial charge is 0.333 e. The molecule has 122 valence electrons. The second-order valence-corrected chi connectivity index (χ2v) is 8.48. The minimum atomic E-state index is -3.00. The molecular formula is C15H23N3O3S. The predicted molar refractivity (Wildman–Crippen MR) is 83.6 cm³/mol. The fourth-order valence-electron chi connectivity index (χ4n) is 3.67. The number of carbonyl (C=O) groups is 1. The second-order valence-electron chi connectivity index (χ2n) is 6.25. The number of rotatable bonds is 3. The molecular weight excluding hydrogens is 302 g/mol. The van der Waals surface area contributed by atoms with Crippen molar-refractivity contribution in [1.82, 2.24) is 14.7 Å². The van der Waals surface area contributed by atoms with Crippen LogP contribution in [0.2, 0.25) is 0 Å². The summed E-state index contributed by atoms with van der Waals surface area (Å²) < 4.78 is 25.2. The first-order chi connectivity index (χ1) is 10.4. The third-order valence-electron chi connectivity index (χ3n) is 4.82. The summed E-state index contributed by atoms with van der Waals surface area (Å²) >= 11 is 0. The molecule has 1 unspecified atom stereocenters. The number of fused-ring (bicyclic) bond motifs is 1. The minimum Gasteiger partial charge on any atom is -0.333 e. The van der Waals surface area contributed by atoms with E-state index in [0.717, 1.165) is 36.9 Å². The van der Waals surface area contributed by atoms with Gasteiger partial charge in [0.25, 0.3) is 5.91 Å². The third kappa shape index (κ3) is 2.66. The Morgan fingerprint density at radius 3 is 2.73 bits per heavy atom. The van der Waals surface area contributed by atoms with Crippen LogP contribution in [0.5, 0.6) is 0 Å². The molecule has 1 amide bonds. The Balaban J connectivity index is 1.89. The van der Waals surface area contributed by atoms with E-state index in [1.54, 1.807) is 4.90 Å². The molecule has 3 rings (SSSR count). The maximum absolute atomic E-state index is 12.9. The standard InChI is InChI=1S/C15H23N3O3S/c1-3-18(11-8-9-22(20,21)10-11)15(19)14-12-6-4-5-7-13(12)17(2)16-14/h11H,3-10H2,1-2H3. The van der Waals surface area contributed by atoms with Crippen LogP contribution in [0.25, 0.3) is 0 Å². The Kier molecular flexibility index (Phi) is 4.01. The normalized spacial score (nSPS) is 23.3. The van der Waals surface area contributed by atoms with Crippen molar-refractivity contribution in [3.8, 4) is 0 Å². The molecule has 0 spiro atoms. The highest BCUT2D eigenvalue weighted by Crippen LogP contribution is 2.26. The monoisotopic (exact) mass is 325 g/mol. The summed E-state index contributed by atoms with van der Waals surface area (Å²) in [6.45, 7) is 2.42. The lowest BCUT2D eigenvalue weighted by atomic mass is 9.95. The number of aryl methyl sites for hydroxylation is 1. The molecule has 6 nitrogen and oxygen atoms in total. The van der Waals surface area contributed by atoms with Crippen LogP contribution >= 0.6 is 0 Å². The molecule has 2 aliphatic rings. The van der Waals surface area contributed by atoms with E-state index in [9.17, 15) is 13.2 Å². The van der Waals surface area contributed by atoms with Gasteiger partial charge in [0, 0.05) is 30.9 Å². The van der Waals surface area contributed by atoms with Crippen LogP contribution < -0.4 is 0 Å². The topological polar surface area (TPSA) is 72.3 Å². The third-order valence-corrected chi connectivity index (χ3v) is 6.57. The lowest BCUT2D eigenvalue weighted by Crippen LogP contribution is -2.41. The Labute approximate surface area is 131 Å². The molecule has 22 heavy (non-hydrogen) atoms. The molecule has 1 aromatic rings. The van der Waals surface area contributed by atoms with Crippen molar-refractivity contribution >= 4 is 15.7 Å². The molecule has 1 aliphatic heterocycles. The summed E-state index contributed by atoms with van der Waals surface area (Å²) in [5, 5.41) is 4.44. The second kappa shape index (κ2) is 5.68. The fraction of sp³-hybridized carbons (Fsp3) is 0.733. The van der Waals surface area contributed by atoms with Gasteiger partial charge in [0.05, 0.1) is 11.5 Å². The Morgan fingerprint density at radius 1 is 1.36 bits per heavy atom. The van der Waals surface area contributed by atoms with Crippen molar-refractivity contribution < 1.29 is 13.2 Å². The van der Waals surface area contributed by atoms with E-state index in [2.05, 4.69) is 5.10 Å². The van der Waals surface area contributed by atoms with E-state index in [-0.39, 0.29) is 23.5 Å². The van der Waals surface area contributed by atoms with E-state index >= 15 is 0 Å². The van der Waals surface area contributed by atoms with Gasteiger partial charge in [-0.3, -0.25) is 9.48 Å². The Hall–Kier alpha value is -1.37. The van der Waals surface area contributed by atoms with E-state index in [1.165, 1.54) is 0 Å². The van der Waals surface area contributed by atoms with Crippen LogP contribution in [0.15, 0.2) is 0 Å². The summed E-state index contributed by atoms with van der Waals surface area (Å²) in [5.74, 6) is 0.159. The molecule has 1 fully saturated rings. The van der Waals surface area contributed by atoms with Gasteiger partial charge in [-0.15, -0.1) is 0 Å². The van der Waals surface area contributed by atoms with Gasteiger partial charge in [0.2, 0.25) is 0 Å². The molecule has 0 N–H and O–H groups in total. The highest BCUT2D eigenvalue weighted by Gasteiger charge is 2.36. The number of amides is 1. The zero-order valence-corrected chi connectivity index (χ0v) is 14.0. The van der Waals surface area contributed by atoms with Crippen molar-refractivity contribution in [2.75, 3.05) is 18.1 Å². The average molecular weight is 325 g/mol. The van der Waals surface area contributed by atoms with Crippen molar-refractivity contribution in [3.05, 3.63) is 17.0 Å². The summed E-state index contributed by atoms with van der Waals surface area (Å²) in [5.41, 5.74) is 2.76. The van der Waals surface area contributed by atoms with Gasteiger partial charge >= 0.3 is 0 Å². The van der Waals surface area contributed by atoms with Crippen molar-refractivity contribution in [3.63, 3.8) is 0 Å². The maximum Gasteiger partial charge on any atom is 0.274 e. The first kappa shape index (κ1) is 15.5. The number of nitrogens with zero attached hydrogens (tertiary/aromatic N) is 3. The Morgan fingerprint density at radius 2 is 2.09 bits per heavy atom. The zero-order chi connectivity index (χ0) is 15.9. The summed E-state index contributed by atoms with van der Waals surface area (Å²) in [7, 11) is -1.11. The smallest absolute Gasteiger partial charge is 0.274 e. The lowest BCUT2D eigenvalue weighted by Gasteiger charge is -2.26. The Bertz CT molecular complexity index is 693. The predicted octanol–water partition coefficient (Wildman–Crippen LogP) is 0.948. The van der Waals surface area contributed by atoms with Crippen LogP contribution in [-0.4, -0.2) is 53.1 Å². The van der Waals surface area contributed by atoms with Gasteiger partial charge in [0.1, 0.15) is 0 Å². The molecule has 1 saturated heterocycles. The van der Waals surface area contributed by atoms with E-state index in [0.29, 0.717) is 18.7 Å². The highest BCUT2D eigenvalue weighted by molar-refractivity contribution is 7.91. The van der Waals surface area contributed by atoms with Gasteiger partial charge in [0.15, 0.2) is 15.5 Å². The molecule has 2 heterocycles. The first-order valence-electron chi connectivity index (χ1n) is 7.99. The number of hydrogen-bond acceptors (Lipinski definition) is 4. The highest BCUT2D eigenvalue weighted by atomic mass is 32.2. The molecule has 7 heteroatoms. The quantitative estimate of drug-likeness (QED) is 0.829. The van der Waals surface area contributed by atoms with Gasteiger partial charge in [-0.2, -0.15) is 5.10 Å². The van der Waals surface area contributed by atoms with E-state index in [1.807, 2.05) is 18.7 Å². The number of aromatic nitrogens is 2. The molecule has 1 atom stereocenters. The average Bonchev–Trinajstić information content (AvgIpc) is 3.01. The van der Waals surface area contributed by atoms with Crippen LogP contribution in [0.4, 0.5) is 0 Å². The van der Waals surface area contributed by atoms with Crippen LogP contribution in [0.1, 0.15) is 47.9 Å². The molecule has 0 bridgehead atoms. The van der Waals surface area contributed by atoms with Gasteiger partial charge in [-0.05, 0) is 39.0 Å².